The number of aryl methyl sites for hydroxylation is 3. The number of hydrogen-bond donors (Lipinski definition) is 1. The molecule has 0 atom stereocenters. The maximum Gasteiger partial charge on any atom is 0.264 e. The Morgan fingerprint density at radius 3 is 3.00 bits per heavy atom. The molecule has 1 N–H and O–H groups in total. The van der Waals surface area contributed by atoms with Gasteiger partial charge in [-0.25, -0.2) is 0 Å². The number of amides is 1. The van der Waals surface area contributed by atoms with Crippen LogP contribution >= 0.6 is 11.3 Å². The smallest absolute Gasteiger partial charge is 0.264 e. The maximum absolute atomic E-state index is 11.7. The van der Waals surface area contributed by atoms with Crippen LogP contribution in [0.4, 0.5) is 5.13 Å². The van der Waals surface area contributed by atoms with Crippen LogP contribution in [0.1, 0.15) is 22.6 Å². The first kappa shape index (κ1) is 13.1. The summed E-state index contributed by atoms with van der Waals surface area (Å²) >= 11 is 1.34. The molecule has 0 saturated carbocycles. The molecule has 0 radical (unpaired) electrons. The van der Waals surface area contributed by atoms with E-state index in [1.54, 1.807) is 0 Å². The normalized spacial score (nSPS) is 13.1. The molecule has 104 valence electrons. The molecule has 0 unspecified atom stereocenters. The van der Waals surface area contributed by atoms with Gasteiger partial charge in [0.25, 0.3) is 5.91 Å². The van der Waals surface area contributed by atoms with Gasteiger partial charge in [-0.1, -0.05) is 17.4 Å². The Morgan fingerprint density at radius 1 is 1.35 bits per heavy atom. The summed E-state index contributed by atoms with van der Waals surface area (Å²) in [7, 11) is 0. The molecule has 0 aliphatic heterocycles. The first-order valence-corrected chi connectivity index (χ1v) is 7.37. The zero-order valence-corrected chi connectivity index (χ0v) is 12.0. The molecular formula is C14H15N3O2S. The first-order chi connectivity index (χ1) is 9.70. The van der Waals surface area contributed by atoms with Gasteiger partial charge < -0.3 is 4.74 Å². The molecule has 2 aromatic rings. The van der Waals surface area contributed by atoms with Gasteiger partial charge in [0.15, 0.2) is 6.61 Å². The first-order valence-electron chi connectivity index (χ1n) is 6.55. The van der Waals surface area contributed by atoms with E-state index in [0.717, 1.165) is 23.6 Å². The lowest BCUT2D eigenvalue weighted by molar-refractivity contribution is -0.118. The molecule has 0 spiro atoms. The maximum atomic E-state index is 11.7. The molecule has 5 nitrogen and oxygen atoms in total. The molecule has 0 bridgehead atoms. The van der Waals surface area contributed by atoms with Crippen LogP contribution in [-0.4, -0.2) is 22.7 Å². The number of benzene rings is 1. The van der Waals surface area contributed by atoms with Crippen LogP contribution in [0.25, 0.3) is 0 Å². The molecule has 0 fully saturated rings. The molecule has 20 heavy (non-hydrogen) atoms. The molecule has 1 aliphatic rings. The second-order valence-corrected chi connectivity index (χ2v) is 5.93. The average Bonchev–Trinajstić information content (AvgIpc) is 3.04. The molecule has 1 heterocycles. The van der Waals surface area contributed by atoms with Crippen LogP contribution in [0, 0.1) is 6.92 Å². The van der Waals surface area contributed by atoms with Crippen molar-refractivity contribution >= 4 is 22.4 Å². The van der Waals surface area contributed by atoms with Gasteiger partial charge in [0, 0.05) is 0 Å². The van der Waals surface area contributed by atoms with Gasteiger partial charge >= 0.3 is 0 Å². The van der Waals surface area contributed by atoms with Gasteiger partial charge in [-0.2, -0.15) is 0 Å². The predicted octanol–water partition coefficient (Wildman–Crippen LogP) is 2.35. The number of anilines is 1. The summed E-state index contributed by atoms with van der Waals surface area (Å²) < 4.78 is 5.52. The Hall–Kier alpha value is -1.95. The van der Waals surface area contributed by atoms with E-state index in [4.69, 9.17) is 4.74 Å². The zero-order chi connectivity index (χ0) is 13.9. The predicted molar refractivity (Wildman–Crippen MR) is 77.2 cm³/mol. The summed E-state index contributed by atoms with van der Waals surface area (Å²) in [4.78, 5) is 11.7. The van der Waals surface area contributed by atoms with Crippen molar-refractivity contribution in [3.05, 3.63) is 34.3 Å². The van der Waals surface area contributed by atoms with E-state index in [2.05, 4.69) is 21.6 Å². The van der Waals surface area contributed by atoms with Crippen molar-refractivity contribution in [2.45, 2.75) is 26.2 Å². The highest BCUT2D eigenvalue weighted by molar-refractivity contribution is 7.15. The van der Waals surface area contributed by atoms with Crippen LogP contribution in [-0.2, 0) is 17.6 Å². The number of fused-ring (bicyclic) bond motifs is 1. The lowest BCUT2D eigenvalue weighted by Gasteiger charge is -2.07. The molecular weight excluding hydrogens is 274 g/mol. The van der Waals surface area contributed by atoms with Crippen LogP contribution in [0.15, 0.2) is 18.2 Å². The Kier molecular flexibility index (Phi) is 3.64. The van der Waals surface area contributed by atoms with E-state index in [0.29, 0.717) is 5.13 Å². The van der Waals surface area contributed by atoms with Crippen LogP contribution < -0.4 is 10.1 Å². The highest BCUT2D eigenvalue weighted by Gasteiger charge is 2.12. The molecule has 6 heteroatoms. The Morgan fingerprint density at radius 2 is 2.20 bits per heavy atom. The highest BCUT2D eigenvalue weighted by Crippen LogP contribution is 2.26. The third-order valence-electron chi connectivity index (χ3n) is 3.21. The summed E-state index contributed by atoms with van der Waals surface area (Å²) in [5, 5.41) is 11.7. The highest BCUT2D eigenvalue weighted by atomic mass is 32.1. The quantitative estimate of drug-likeness (QED) is 0.938. The summed E-state index contributed by atoms with van der Waals surface area (Å²) in [6.07, 6.45) is 3.45. The van der Waals surface area contributed by atoms with E-state index in [-0.39, 0.29) is 12.5 Å². The summed E-state index contributed by atoms with van der Waals surface area (Å²) in [6, 6.07) is 6.04. The fourth-order valence-electron chi connectivity index (χ4n) is 2.29. The Labute approximate surface area is 121 Å². The standard InChI is InChI=1S/C14H15N3O2S/c1-9-16-17-14(20-9)15-13(18)8-19-12-6-5-10-3-2-4-11(10)7-12/h5-7H,2-4,8H2,1H3,(H,15,17,18). The van der Waals surface area contributed by atoms with Crippen molar-refractivity contribution in [2.75, 3.05) is 11.9 Å². The lowest BCUT2D eigenvalue weighted by Crippen LogP contribution is -2.20. The SMILES string of the molecule is Cc1nnc(NC(=O)COc2ccc3c(c2)CCC3)s1. The Balaban J connectivity index is 1.55. The fraction of sp³-hybridized carbons (Fsp3) is 0.357. The topological polar surface area (TPSA) is 64.1 Å². The van der Waals surface area contributed by atoms with Crippen molar-refractivity contribution in [3.8, 4) is 5.75 Å². The minimum atomic E-state index is -0.221. The van der Waals surface area contributed by atoms with E-state index in [1.165, 1.54) is 28.9 Å². The van der Waals surface area contributed by atoms with Gasteiger partial charge in [-0.3, -0.25) is 10.1 Å². The molecule has 1 aliphatic carbocycles. The van der Waals surface area contributed by atoms with E-state index in [1.807, 2.05) is 19.1 Å². The minimum Gasteiger partial charge on any atom is -0.484 e. The number of hydrogen-bond acceptors (Lipinski definition) is 5. The minimum absolute atomic E-state index is 0.0165. The Bertz CT molecular complexity index is 639. The van der Waals surface area contributed by atoms with Crippen molar-refractivity contribution < 1.29 is 9.53 Å². The number of carbonyl (C=O) groups excluding carboxylic acids is 1. The van der Waals surface area contributed by atoms with Gasteiger partial charge in [0.05, 0.1) is 0 Å². The van der Waals surface area contributed by atoms with E-state index < -0.39 is 0 Å². The number of nitrogens with zero attached hydrogens (tertiary/aromatic N) is 2. The van der Waals surface area contributed by atoms with Gasteiger partial charge in [-0.15, -0.1) is 10.2 Å². The third-order valence-corrected chi connectivity index (χ3v) is 3.97. The van der Waals surface area contributed by atoms with E-state index >= 15 is 0 Å². The molecule has 1 aromatic heterocycles. The van der Waals surface area contributed by atoms with Crippen LogP contribution in [0.3, 0.4) is 0 Å². The summed E-state index contributed by atoms with van der Waals surface area (Å²) in [5.41, 5.74) is 2.73. The number of carbonyl (C=O) groups is 1. The molecule has 1 aromatic carbocycles. The van der Waals surface area contributed by atoms with Gasteiger partial charge in [0.2, 0.25) is 5.13 Å². The lowest BCUT2D eigenvalue weighted by atomic mass is 10.1. The number of ether oxygens (including phenoxy) is 1. The average molecular weight is 289 g/mol. The zero-order valence-electron chi connectivity index (χ0n) is 11.2. The number of rotatable bonds is 4. The van der Waals surface area contributed by atoms with Crippen LogP contribution in [0.2, 0.25) is 0 Å². The van der Waals surface area contributed by atoms with Gasteiger partial charge in [-0.05, 0) is 49.4 Å². The van der Waals surface area contributed by atoms with Crippen LogP contribution in [0.5, 0.6) is 5.75 Å². The molecule has 0 saturated heterocycles. The fourth-order valence-corrected chi connectivity index (χ4v) is 2.90. The summed E-state index contributed by atoms with van der Waals surface area (Å²) in [5.74, 6) is 0.524. The van der Waals surface area contributed by atoms with Crippen molar-refractivity contribution in [2.24, 2.45) is 0 Å². The third kappa shape index (κ3) is 2.96. The molecule has 3 rings (SSSR count). The van der Waals surface area contributed by atoms with Crippen molar-refractivity contribution in [1.82, 2.24) is 10.2 Å². The number of nitrogens with one attached hydrogen (secondary N) is 1. The van der Waals surface area contributed by atoms with E-state index in [9.17, 15) is 4.79 Å². The molecule has 1 amide bonds. The van der Waals surface area contributed by atoms with Gasteiger partial charge in [0.1, 0.15) is 10.8 Å². The second kappa shape index (κ2) is 5.58. The summed E-state index contributed by atoms with van der Waals surface area (Å²) in [6.45, 7) is 1.83. The monoisotopic (exact) mass is 289 g/mol. The van der Waals surface area contributed by atoms with Crippen molar-refractivity contribution in [1.29, 1.82) is 0 Å². The van der Waals surface area contributed by atoms with Crippen molar-refractivity contribution in [3.63, 3.8) is 0 Å². The second-order valence-electron chi connectivity index (χ2n) is 4.75. The largest absolute Gasteiger partial charge is 0.484 e. The number of aromatic nitrogens is 2.